The lowest BCUT2D eigenvalue weighted by atomic mass is 9.85. The van der Waals surface area contributed by atoms with Crippen LogP contribution >= 0.6 is 0 Å². The molecule has 0 aliphatic heterocycles. The minimum absolute atomic E-state index is 0.0198. The van der Waals surface area contributed by atoms with Gasteiger partial charge in [0.2, 0.25) is 5.89 Å². The average molecular weight is 529 g/mol. The fourth-order valence-corrected chi connectivity index (χ4v) is 5.48. The minimum atomic E-state index is -2.82. The van der Waals surface area contributed by atoms with Gasteiger partial charge >= 0.3 is 0 Å². The first-order chi connectivity index (χ1) is 18.4. The molecular weight excluding hydrogens is 494 g/mol. The minimum Gasteiger partial charge on any atom is -0.444 e. The smallest absolute Gasteiger partial charge is 0.284 e. The molecule has 38 heavy (non-hydrogen) atoms. The van der Waals surface area contributed by atoms with E-state index in [2.05, 4.69) is 32.6 Å². The van der Waals surface area contributed by atoms with Crippen LogP contribution in [0.25, 0.3) is 11.5 Å². The number of carbonyl (C=O) groups is 1. The third kappa shape index (κ3) is 5.87. The van der Waals surface area contributed by atoms with E-state index in [0.717, 1.165) is 57.8 Å². The van der Waals surface area contributed by atoms with Gasteiger partial charge in [-0.3, -0.25) is 9.48 Å². The molecule has 11 heteroatoms. The highest BCUT2D eigenvalue weighted by atomic mass is 19.3. The third-order valence-corrected chi connectivity index (χ3v) is 7.79. The van der Waals surface area contributed by atoms with E-state index >= 15 is 0 Å². The van der Waals surface area contributed by atoms with Crippen molar-refractivity contribution in [3.05, 3.63) is 42.2 Å². The number of halogens is 2. The second-order valence-electron chi connectivity index (χ2n) is 10.3. The van der Waals surface area contributed by atoms with Gasteiger partial charge in [-0.15, -0.1) is 0 Å². The summed E-state index contributed by atoms with van der Waals surface area (Å²) in [5, 5.41) is 20.2. The van der Waals surface area contributed by atoms with E-state index < -0.39 is 24.1 Å². The highest BCUT2D eigenvalue weighted by Crippen LogP contribution is 2.36. The number of aliphatic hydroxyl groups excluding tert-OH is 1. The van der Waals surface area contributed by atoms with Crippen molar-refractivity contribution in [2.24, 2.45) is 5.92 Å². The Balaban J connectivity index is 1.27. The number of nitrogens with one attached hydrogen (secondary N) is 2. The molecule has 3 aromatic heterocycles. The number of nitrogens with zero attached hydrogens (tertiary/aromatic N) is 4. The predicted molar refractivity (Wildman–Crippen MR) is 138 cm³/mol. The fourth-order valence-electron chi connectivity index (χ4n) is 5.48. The number of amides is 1. The molecule has 9 nitrogen and oxygen atoms in total. The Kier molecular flexibility index (Phi) is 8.01. The summed E-state index contributed by atoms with van der Waals surface area (Å²) >= 11 is 0. The van der Waals surface area contributed by atoms with Gasteiger partial charge in [0, 0.05) is 18.0 Å². The van der Waals surface area contributed by atoms with Crippen molar-refractivity contribution in [1.29, 1.82) is 0 Å². The normalized spacial score (nSPS) is 23.9. The molecule has 5 rings (SSSR count). The van der Waals surface area contributed by atoms with Crippen LogP contribution in [0, 0.1) is 5.92 Å². The molecule has 2 fully saturated rings. The van der Waals surface area contributed by atoms with Crippen molar-refractivity contribution in [3.63, 3.8) is 0 Å². The summed E-state index contributed by atoms with van der Waals surface area (Å²) in [4.78, 5) is 21.5. The third-order valence-electron chi connectivity index (χ3n) is 7.79. The number of anilines is 2. The van der Waals surface area contributed by atoms with E-state index in [1.807, 2.05) is 0 Å². The van der Waals surface area contributed by atoms with Crippen LogP contribution in [-0.4, -0.2) is 42.9 Å². The predicted octanol–water partition coefficient (Wildman–Crippen LogP) is 5.98. The summed E-state index contributed by atoms with van der Waals surface area (Å²) in [6.07, 6.45) is 9.66. The Morgan fingerprint density at radius 2 is 2.00 bits per heavy atom. The lowest BCUT2D eigenvalue weighted by molar-refractivity contribution is 0.102. The molecule has 2 saturated carbocycles. The summed E-state index contributed by atoms with van der Waals surface area (Å²) in [5.74, 6) is 0.777. The molecule has 3 N–H and O–H groups in total. The summed E-state index contributed by atoms with van der Waals surface area (Å²) in [6.45, 7) is 2.17. The summed E-state index contributed by atoms with van der Waals surface area (Å²) in [7, 11) is 0. The number of alkyl halides is 2. The maximum absolute atomic E-state index is 13.7. The molecule has 0 saturated heterocycles. The molecule has 3 heterocycles. The van der Waals surface area contributed by atoms with Gasteiger partial charge in [0.15, 0.2) is 11.4 Å². The molecule has 2 aliphatic rings. The summed E-state index contributed by atoms with van der Waals surface area (Å²) in [6, 6.07) is 3.40. The van der Waals surface area contributed by atoms with Gasteiger partial charge in [-0.1, -0.05) is 26.2 Å². The quantitative estimate of drug-likeness (QED) is 0.329. The van der Waals surface area contributed by atoms with Gasteiger partial charge in [0.25, 0.3) is 12.3 Å². The summed E-state index contributed by atoms with van der Waals surface area (Å²) < 4.78 is 34.6. The molecule has 0 spiro atoms. The van der Waals surface area contributed by atoms with E-state index in [4.69, 9.17) is 4.42 Å². The van der Waals surface area contributed by atoms with Crippen molar-refractivity contribution in [2.75, 3.05) is 10.6 Å². The van der Waals surface area contributed by atoms with Crippen LogP contribution in [0.1, 0.15) is 93.4 Å². The van der Waals surface area contributed by atoms with Crippen LogP contribution in [0.5, 0.6) is 0 Å². The van der Waals surface area contributed by atoms with Crippen molar-refractivity contribution < 1.29 is 23.1 Å². The maximum Gasteiger partial charge on any atom is 0.284 e. The van der Waals surface area contributed by atoms with E-state index in [-0.39, 0.29) is 29.4 Å². The van der Waals surface area contributed by atoms with E-state index in [1.54, 1.807) is 23.0 Å². The lowest BCUT2D eigenvalue weighted by Gasteiger charge is -2.28. The van der Waals surface area contributed by atoms with Crippen molar-refractivity contribution in [1.82, 2.24) is 19.7 Å². The zero-order chi connectivity index (χ0) is 26.6. The van der Waals surface area contributed by atoms with Crippen LogP contribution < -0.4 is 10.6 Å². The van der Waals surface area contributed by atoms with Crippen LogP contribution in [-0.2, 0) is 0 Å². The highest BCUT2D eigenvalue weighted by Gasteiger charge is 2.27. The van der Waals surface area contributed by atoms with Gasteiger partial charge in [0.05, 0.1) is 23.9 Å². The maximum atomic E-state index is 13.7. The molecule has 3 aromatic rings. The van der Waals surface area contributed by atoms with Gasteiger partial charge in [-0.05, 0) is 56.6 Å². The summed E-state index contributed by atoms with van der Waals surface area (Å²) in [5.41, 5.74) is 0.0871. The number of aliphatic hydroxyl groups is 1. The van der Waals surface area contributed by atoms with Crippen LogP contribution in [0.2, 0.25) is 0 Å². The van der Waals surface area contributed by atoms with Gasteiger partial charge < -0.3 is 20.2 Å². The first-order valence-electron chi connectivity index (χ1n) is 13.5. The second-order valence-corrected chi connectivity index (χ2v) is 10.3. The van der Waals surface area contributed by atoms with Crippen molar-refractivity contribution >= 4 is 17.4 Å². The first kappa shape index (κ1) is 26.3. The average Bonchev–Trinajstić information content (AvgIpc) is 3.59. The van der Waals surface area contributed by atoms with Gasteiger partial charge in [0.1, 0.15) is 12.1 Å². The zero-order valence-corrected chi connectivity index (χ0v) is 21.4. The molecule has 2 aliphatic carbocycles. The van der Waals surface area contributed by atoms with Crippen LogP contribution in [0.4, 0.5) is 20.3 Å². The van der Waals surface area contributed by atoms with Crippen LogP contribution in [0.15, 0.2) is 35.2 Å². The Morgan fingerprint density at radius 1 is 1.21 bits per heavy atom. The van der Waals surface area contributed by atoms with Crippen LogP contribution in [0.3, 0.4) is 0 Å². The number of hydrogen-bond acceptors (Lipinski definition) is 7. The number of pyridine rings is 1. The largest absolute Gasteiger partial charge is 0.444 e. The van der Waals surface area contributed by atoms with E-state index in [9.17, 15) is 18.7 Å². The number of aromatic nitrogens is 4. The topological polar surface area (TPSA) is 118 Å². The molecule has 0 radical (unpaired) electrons. The number of hydrogen-bond donors (Lipinski definition) is 3. The monoisotopic (exact) mass is 528 g/mol. The molecule has 0 bridgehead atoms. The van der Waals surface area contributed by atoms with E-state index in [1.165, 1.54) is 12.5 Å². The van der Waals surface area contributed by atoms with E-state index in [0.29, 0.717) is 17.3 Å². The molecule has 1 amide bonds. The SMILES string of the molecule is CCC1CCC(n2cc(NC(=O)c3coc(-c4ccnc(N[C@H]5CCCC[C@H]5O)c4)n3)c(C(F)F)n2)CC1. The molecule has 2 atom stereocenters. The molecular formula is C27H34F2N6O3. The molecule has 0 unspecified atom stereocenters. The number of rotatable bonds is 8. The van der Waals surface area contributed by atoms with Crippen molar-refractivity contribution in [2.45, 2.75) is 89.3 Å². The standard InChI is InChI=1S/C27H34F2N6O3/c1-2-16-7-9-18(10-8-16)35-14-20(24(34-35)25(28)29)32-26(37)21-15-38-27(33-21)17-11-12-30-23(13-17)31-19-5-3-4-6-22(19)36/h11-16,18-19,22,25,36H,2-10H2,1H3,(H,30,31)(H,32,37)/t16?,18?,19-,22+/m0/s1. The Bertz CT molecular complexity index is 1240. The van der Waals surface area contributed by atoms with Gasteiger partial charge in [-0.25, -0.2) is 18.7 Å². The van der Waals surface area contributed by atoms with Gasteiger partial charge in [-0.2, -0.15) is 5.10 Å². The van der Waals surface area contributed by atoms with Crippen molar-refractivity contribution in [3.8, 4) is 11.5 Å². The Hall–Kier alpha value is -3.34. The second kappa shape index (κ2) is 11.6. The number of oxazole rings is 1. The Morgan fingerprint density at radius 3 is 2.74 bits per heavy atom. The highest BCUT2D eigenvalue weighted by molar-refractivity contribution is 6.03. The fraction of sp³-hybridized carbons (Fsp3) is 0.556. The Labute approximate surface area is 220 Å². The molecule has 204 valence electrons. The zero-order valence-electron chi connectivity index (χ0n) is 21.4. The molecule has 0 aromatic carbocycles. The first-order valence-corrected chi connectivity index (χ1v) is 13.5. The number of carbonyl (C=O) groups excluding carboxylic acids is 1. The lowest BCUT2D eigenvalue weighted by Crippen LogP contribution is -2.36.